The predicted molar refractivity (Wildman–Crippen MR) is 36.7 cm³/mol. The second-order valence-corrected chi connectivity index (χ2v) is 2.53. The molecule has 0 unspecified atom stereocenters. The van der Waals surface area contributed by atoms with Crippen molar-refractivity contribution in [3.63, 3.8) is 0 Å². The Kier molecular flexibility index (Phi) is 2.80. The summed E-state index contributed by atoms with van der Waals surface area (Å²) in [6, 6.07) is -0.565. The van der Waals surface area contributed by atoms with E-state index >= 15 is 0 Å². The van der Waals surface area contributed by atoms with Crippen LogP contribution in [0, 0.1) is 0 Å². The highest BCUT2D eigenvalue weighted by Crippen LogP contribution is 2.19. The fourth-order valence-electron chi connectivity index (χ4n) is 1.10. The highest BCUT2D eigenvalue weighted by molar-refractivity contribution is 4.89. The molecule has 1 saturated heterocycles. The van der Waals surface area contributed by atoms with Gasteiger partial charge in [0.15, 0.2) is 6.29 Å². The normalized spacial score (nSPS) is 44.7. The van der Waals surface area contributed by atoms with Crippen LogP contribution in [0.3, 0.4) is 0 Å². The molecule has 0 aromatic rings. The van der Waals surface area contributed by atoms with Crippen molar-refractivity contribution < 1.29 is 19.7 Å². The van der Waals surface area contributed by atoms with Crippen molar-refractivity contribution in [1.29, 1.82) is 0 Å². The Bertz CT molecular complexity index is 114. The summed E-state index contributed by atoms with van der Waals surface area (Å²) in [7, 11) is 1.42. The zero-order valence-electron chi connectivity index (χ0n) is 6.30. The van der Waals surface area contributed by atoms with Gasteiger partial charge in [0, 0.05) is 7.11 Å². The minimum Gasteiger partial charge on any atom is -0.394 e. The molecule has 0 bridgehead atoms. The van der Waals surface area contributed by atoms with Crippen molar-refractivity contribution in [2.75, 3.05) is 13.7 Å². The Morgan fingerprint density at radius 3 is 2.55 bits per heavy atom. The van der Waals surface area contributed by atoms with Crippen molar-refractivity contribution in [3.05, 3.63) is 0 Å². The molecule has 0 aliphatic carbocycles. The summed E-state index contributed by atoms with van der Waals surface area (Å²) < 4.78 is 9.80. The summed E-state index contributed by atoms with van der Waals surface area (Å²) in [5.74, 6) is 0. The quantitative estimate of drug-likeness (QED) is 0.440. The second-order valence-electron chi connectivity index (χ2n) is 2.53. The van der Waals surface area contributed by atoms with Gasteiger partial charge in [-0.25, -0.2) is 0 Å². The van der Waals surface area contributed by atoms with Crippen LogP contribution in [-0.4, -0.2) is 48.5 Å². The van der Waals surface area contributed by atoms with Crippen LogP contribution in [0.25, 0.3) is 0 Å². The Hall–Kier alpha value is -0.200. The van der Waals surface area contributed by atoms with Gasteiger partial charge in [0.2, 0.25) is 0 Å². The zero-order valence-corrected chi connectivity index (χ0v) is 6.30. The van der Waals surface area contributed by atoms with Gasteiger partial charge in [-0.2, -0.15) is 0 Å². The lowest BCUT2D eigenvalue weighted by atomic mass is 10.1. The van der Waals surface area contributed by atoms with E-state index in [0.29, 0.717) is 0 Å². The molecule has 1 fully saturated rings. The third-order valence-electron chi connectivity index (χ3n) is 1.82. The molecule has 1 aliphatic rings. The van der Waals surface area contributed by atoms with Gasteiger partial charge in [0.25, 0.3) is 0 Å². The predicted octanol–water partition coefficient (Wildman–Crippen LogP) is -1.96. The number of aliphatic hydroxyl groups excluding tert-OH is 2. The highest BCUT2D eigenvalue weighted by atomic mass is 16.7. The lowest BCUT2D eigenvalue weighted by Crippen LogP contribution is -2.41. The summed E-state index contributed by atoms with van der Waals surface area (Å²) >= 11 is 0. The van der Waals surface area contributed by atoms with E-state index in [9.17, 15) is 5.11 Å². The van der Waals surface area contributed by atoms with E-state index in [-0.39, 0.29) is 6.61 Å². The van der Waals surface area contributed by atoms with Crippen LogP contribution >= 0.6 is 0 Å². The van der Waals surface area contributed by atoms with Crippen LogP contribution in [0.1, 0.15) is 0 Å². The van der Waals surface area contributed by atoms with E-state index in [4.69, 9.17) is 20.3 Å². The van der Waals surface area contributed by atoms with E-state index < -0.39 is 24.5 Å². The standard InChI is InChI=1S/C6H13NO4/c1-10-6-5(9)4(7)3(2-8)11-6/h3-6,8-9H,2,7H2,1H3/t3-,4+,5-,6-/m1/s1. The summed E-state index contributed by atoms with van der Waals surface area (Å²) in [5, 5.41) is 18.0. The lowest BCUT2D eigenvalue weighted by molar-refractivity contribution is -0.153. The van der Waals surface area contributed by atoms with Gasteiger partial charge < -0.3 is 25.4 Å². The maximum absolute atomic E-state index is 9.27. The average Bonchev–Trinajstić information content (AvgIpc) is 2.30. The fourth-order valence-corrected chi connectivity index (χ4v) is 1.10. The first kappa shape index (κ1) is 8.89. The Morgan fingerprint density at radius 1 is 1.64 bits per heavy atom. The van der Waals surface area contributed by atoms with Crippen molar-refractivity contribution in [1.82, 2.24) is 0 Å². The first-order chi connectivity index (χ1) is 5.20. The molecule has 5 heteroatoms. The van der Waals surface area contributed by atoms with E-state index in [2.05, 4.69) is 0 Å². The summed E-state index contributed by atoms with van der Waals surface area (Å²) in [5.41, 5.74) is 5.48. The van der Waals surface area contributed by atoms with Crippen LogP contribution < -0.4 is 5.73 Å². The summed E-state index contributed by atoms with van der Waals surface area (Å²) in [4.78, 5) is 0. The first-order valence-electron chi connectivity index (χ1n) is 3.43. The van der Waals surface area contributed by atoms with Gasteiger partial charge in [-0.3, -0.25) is 0 Å². The molecule has 0 radical (unpaired) electrons. The van der Waals surface area contributed by atoms with Crippen LogP contribution in [0.2, 0.25) is 0 Å². The molecule has 0 aromatic carbocycles. The van der Waals surface area contributed by atoms with Crippen molar-refractivity contribution in [2.24, 2.45) is 5.73 Å². The SMILES string of the molecule is CO[C@@H]1O[C@H](CO)[C@H](N)[C@H]1O. The number of nitrogens with two attached hydrogens (primary N) is 1. The van der Waals surface area contributed by atoms with Gasteiger partial charge in [-0.1, -0.05) is 0 Å². The Morgan fingerprint density at radius 2 is 2.27 bits per heavy atom. The Labute approximate surface area is 64.7 Å². The molecule has 0 amide bonds. The molecular weight excluding hydrogens is 150 g/mol. The molecule has 1 rings (SSSR count). The molecule has 5 nitrogen and oxygen atoms in total. The molecule has 1 aliphatic heterocycles. The minimum atomic E-state index is -0.850. The smallest absolute Gasteiger partial charge is 0.185 e. The molecule has 1 heterocycles. The minimum absolute atomic E-state index is 0.196. The van der Waals surface area contributed by atoms with E-state index in [1.807, 2.05) is 0 Å². The van der Waals surface area contributed by atoms with Crippen molar-refractivity contribution >= 4 is 0 Å². The number of ether oxygens (including phenoxy) is 2. The molecule has 66 valence electrons. The fraction of sp³-hybridized carbons (Fsp3) is 1.00. The number of hydrogen-bond acceptors (Lipinski definition) is 5. The highest BCUT2D eigenvalue weighted by Gasteiger charge is 2.41. The van der Waals surface area contributed by atoms with Crippen LogP contribution in [-0.2, 0) is 9.47 Å². The van der Waals surface area contributed by atoms with Gasteiger partial charge in [-0.05, 0) is 0 Å². The zero-order chi connectivity index (χ0) is 8.43. The maximum atomic E-state index is 9.27. The molecule has 0 aromatic heterocycles. The van der Waals surface area contributed by atoms with Crippen LogP contribution in [0.5, 0.6) is 0 Å². The summed E-state index contributed by atoms with van der Waals surface area (Å²) in [6.07, 6.45) is -2.07. The number of methoxy groups -OCH3 is 1. The molecule has 4 atom stereocenters. The topological polar surface area (TPSA) is 84.9 Å². The largest absolute Gasteiger partial charge is 0.394 e. The Balaban J connectivity index is 2.53. The second kappa shape index (κ2) is 3.46. The number of aliphatic hydroxyl groups is 2. The third kappa shape index (κ3) is 1.52. The molecule has 11 heavy (non-hydrogen) atoms. The van der Waals surface area contributed by atoms with Crippen LogP contribution in [0.4, 0.5) is 0 Å². The van der Waals surface area contributed by atoms with Crippen molar-refractivity contribution in [3.8, 4) is 0 Å². The molecule has 0 saturated carbocycles. The van der Waals surface area contributed by atoms with Gasteiger partial charge in [0.1, 0.15) is 12.2 Å². The van der Waals surface area contributed by atoms with Gasteiger partial charge >= 0.3 is 0 Å². The van der Waals surface area contributed by atoms with Gasteiger partial charge in [-0.15, -0.1) is 0 Å². The van der Waals surface area contributed by atoms with Crippen molar-refractivity contribution in [2.45, 2.75) is 24.5 Å². The maximum Gasteiger partial charge on any atom is 0.185 e. The third-order valence-corrected chi connectivity index (χ3v) is 1.82. The first-order valence-corrected chi connectivity index (χ1v) is 3.43. The average molecular weight is 163 g/mol. The number of hydrogen-bond donors (Lipinski definition) is 3. The van der Waals surface area contributed by atoms with E-state index in [1.54, 1.807) is 0 Å². The monoisotopic (exact) mass is 163 g/mol. The van der Waals surface area contributed by atoms with E-state index in [1.165, 1.54) is 7.11 Å². The molecular formula is C6H13NO4. The number of rotatable bonds is 2. The summed E-state index contributed by atoms with van der Waals surface area (Å²) in [6.45, 7) is -0.196. The lowest BCUT2D eigenvalue weighted by Gasteiger charge is -2.12. The molecule has 0 spiro atoms. The van der Waals surface area contributed by atoms with E-state index in [0.717, 1.165) is 0 Å². The van der Waals surface area contributed by atoms with Crippen LogP contribution in [0.15, 0.2) is 0 Å². The van der Waals surface area contributed by atoms with Gasteiger partial charge in [0.05, 0.1) is 12.6 Å². The molecule has 4 N–H and O–H groups in total.